The number of amides is 2. The second-order valence-electron chi connectivity index (χ2n) is 7.85. The van der Waals surface area contributed by atoms with Crippen molar-refractivity contribution < 1.29 is 19.1 Å². The summed E-state index contributed by atoms with van der Waals surface area (Å²) < 4.78 is 10.6. The average molecular weight is 462 g/mol. The van der Waals surface area contributed by atoms with Gasteiger partial charge in [0, 0.05) is 24.3 Å². The molecule has 0 heterocycles. The van der Waals surface area contributed by atoms with Gasteiger partial charge in [0.2, 0.25) is 5.91 Å². The maximum Gasteiger partial charge on any atom is 0.254 e. The molecule has 178 valence electrons. The molecule has 0 aliphatic heterocycles. The van der Waals surface area contributed by atoms with Crippen molar-refractivity contribution in [1.29, 1.82) is 0 Å². The van der Waals surface area contributed by atoms with Gasteiger partial charge < -0.3 is 25.4 Å². The zero-order valence-electron chi connectivity index (χ0n) is 19.6. The van der Waals surface area contributed by atoms with Gasteiger partial charge >= 0.3 is 0 Å². The van der Waals surface area contributed by atoms with Crippen LogP contribution in [0.5, 0.6) is 11.5 Å². The van der Waals surface area contributed by atoms with Crippen LogP contribution in [0.15, 0.2) is 72.8 Å². The minimum Gasteiger partial charge on any atom is -0.493 e. The summed E-state index contributed by atoms with van der Waals surface area (Å²) in [6, 6.07) is 22.2. The zero-order valence-corrected chi connectivity index (χ0v) is 19.6. The molecule has 7 nitrogen and oxygen atoms in total. The van der Waals surface area contributed by atoms with E-state index in [0.717, 1.165) is 11.1 Å². The minimum atomic E-state index is -0.132. The highest BCUT2D eigenvalue weighted by Gasteiger charge is 2.18. The van der Waals surface area contributed by atoms with Gasteiger partial charge in [-0.1, -0.05) is 42.5 Å². The smallest absolute Gasteiger partial charge is 0.254 e. The highest BCUT2D eigenvalue weighted by molar-refractivity contribution is 5.95. The Balaban J connectivity index is 1.73. The van der Waals surface area contributed by atoms with Crippen molar-refractivity contribution in [2.75, 3.05) is 32.6 Å². The topological polar surface area (TPSA) is 93.9 Å². The van der Waals surface area contributed by atoms with E-state index < -0.39 is 0 Å². The molecular weight excluding hydrogens is 430 g/mol. The van der Waals surface area contributed by atoms with E-state index in [-0.39, 0.29) is 11.8 Å². The summed E-state index contributed by atoms with van der Waals surface area (Å²) in [5.41, 5.74) is 8.76. The molecule has 3 aromatic rings. The molecule has 0 bridgehead atoms. The number of benzene rings is 3. The number of nitrogens with two attached hydrogens (primary N) is 1. The standard InChI is InChI=1S/C27H31N3O4/c1-33-24-13-12-22(18-25(24)34-2)27(32)30(15-7-14-28)19-21-10-6-11-23(16-21)29-26(31)17-20-8-4-3-5-9-20/h3-6,8-13,16,18H,7,14-15,17,19,28H2,1-2H3,(H,29,31). The van der Waals surface area contributed by atoms with E-state index in [9.17, 15) is 9.59 Å². The van der Waals surface area contributed by atoms with Crippen molar-refractivity contribution in [3.63, 3.8) is 0 Å². The fourth-order valence-corrected chi connectivity index (χ4v) is 3.64. The number of ether oxygens (including phenoxy) is 2. The molecule has 0 atom stereocenters. The third-order valence-electron chi connectivity index (χ3n) is 5.34. The molecule has 0 fully saturated rings. The van der Waals surface area contributed by atoms with Gasteiger partial charge in [-0.25, -0.2) is 0 Å². The molecule has 3 aromatic carbocycles. The predicted octanol–water partition coefficient (Wildman–Crippen LogP) is 3.88. The quantitative estimate of drug-likeness (QED) is 0.452. The van der Waals surface area contributed by atoms with Crippen molar-refractivity contribution >= 4 is 17.5 Å². The molecule has 3 N–H and O–H groups in total. The first-order valence-corrected chi connectivity index (χ1v) is 11.2. The fourth-order valence-electron chi connectivity index (χ4n) is 3.64. The summed E-state index contributed by atoms with van der Waals surface area (Å²) >= 11 is 0. The summed E-state index contributed by atoms with van der Waals surface area (Å²) in [6.45, 7) is 1.37. The van der Waals surface area contributed by atoms with Crippen LogP contribution in [0, 0.1) is 0 Å². The van der Waals surface area contributed by atoms with Crippen LogP contribution in [-0.4, -0.2) is 44.0 Å². The molecule has 0 aromatic heterocycles. The van der Waals surface area contributed by atoms with Gasteiger partial charge in [0.25, 0.3) is 5.91 Å². The maximum atomic E-state index is 13.3. The van der Waals surface area contributed by atoms with E-state index in [1.165, 1.54) is 7.11 Å². The summed E-state index contributed by atoms with van der Waals surface area (Å²) in [6.07, 6.45) is 0.970. The lowest BCUT2D eigenvalue weighted by atomic mass is 10.1. The van der Waals surface area contributed by atoms with Crippen LogP contribution in [0.25, 0.3) is 0 Å². The zero-order chi connectivity index (χ0) is 24.3. The number of hydrogen-bond donors (Lipinski definition) is 2. The van der Waals surface area contributed by atoms with E-state index in [2.05, 4.69) is 5.32 Å². The van der Waals surface area contributed by atoms with Crippen LogP contribution in [0.1, 0.15) is 27.9 Å². The first-order chi connectivity index (χ1) is 16.5. The van der Waals surface area contributed by atoms with Crippen molar-refractivity contribution in [2.24, 2.45) is 5.73 Å². The minimum absolute atomic E-state index is 0.0928. The number of hydrogen-bond acceptors (Lipinski definition) is 5. The highest BCUT2D eigenvalue weighted by Crippen LogP contribution is 2.28. The molecule has 0 radical (unpaired) electrons. The fraction of sp³-hybridized carbons (Fsp3) is 0.259. The second-order valence-corrected chi connectivity index (χ2v) is 7.85. The average Bonchev–Trinajstić information content (AvgIpc) is 2.86. The predicted molar refractivity (Wildman–Crippen MR) is 133 cm³/mol. The largest absolute Gasteiger partial charge is 0.493 e. The Morgan fingerprint density at radius 3 is 2.32 bits per heavy atom. The Kier molecular flexibility index (Phi) is 9.05. The highest BCUT2D eigenvalue weighted by atomic mass is 16.5. The maximum absolute atomic E-state index is 13.3. The van der Waals surface area contributed by atoms with Gasteiger partial charge in [0.15, 0.2) is 11.5 Å². The molecule has 0 saturated heterocycles. The Hall–Kier alpha value is -3.84. The third-order valence-corrected chi connectivity index (χ3v) is 5.34. The lowest BCUT2D eigenvalue weighted by molar-refractivity contribution is -0.115. The summed E-state index contributed by atoms with van der Waals surface area (Å²) in [5.74, 6) is 0.833. The Bertz CT molecular complexity index is 1100. The summed E-state index contributed by atoms with van der Waals surface area (Å²) in [5, 5.41) is 2.94. The van der Waals surface area contributed by atoms with Crippen LogP contribution < -0.4 is 20.5 Å². The van der Waals surface area contributed by atoms with Crippen LogP contribution in [-0.2, 0) is 17.8 Å². The summed E-state index contributed by atoms with van der Waals surface area (Å²) in [7, 11) is 3.09. The second kappa shape index (κ2) is 12.4. The normalized spacial score (nSPS) is 10.4. The number of anilines is 1. The Morgan fingerprint density at radius 1 is 0.882 bits per heavy atom. The van der Waals surface area contributed by atoms with E-state index >= 15 is 0 Å². The van der Waals surface area contributed by atoms with Crippen molar-refractivity contribution in [2.45, 2.75) is 19.4 Å². The molecule has 0 aliphatic carbocycles. The molecule has 34 heavy (non-hydrogen) atoms. The molecular formula is C27H31N3O4. The van der Waals surface area contributed by atoms with Gasteiger partial charge in [-0.05, 0) is 54.4 Å². The molecule has 3 rings (SSSR count). The number of nitrogens with one attached hydrogen (secondary N) is 1. The lowest BCUT2D eigenvalue weighted by Gasteiger charge is -2.23. The number of carbonyl (C=O) groups is 2. The summed E-state index contributed by atoms with van der Waals surface area (Å²) in [4.78, 5) is 27.5. The van der Waals surface area contributed by atoms with Gasteiger partial charge in [-0.3, -0.25) is 9.59 Å². The Morgan fingerprint density at radius 2 is 1.62 bits per heavy atom. The van der Waals surface area contributed by atoms with Gasteiger partial charge in [0.1, 0.15) is 0 Å². The molecule has 0 unspecified atom stereocenters. The van der Waals surface area contributed by atoms with Crippen LogP contribution in [0.4, 0.5) is 5.69 Å². The van der Waals surface area contributed by atoms with Crippen LogP contribution >= 0.6 is 0 Å². The van der Waals surface area contributed by atoms with E-state index in [1.807, 2.05) is 54.6 Å². The number of methoxy groups -OCH3 is 2. The first-order valence-electron chi connectivity index (χ1n) is 11.2. The van der Waals surface area contributed by atoms with Gasteiger partial charge in [-0.2, -0.15) is 0 Å². The molecule has 7 heteroatoms. The SMILES string of the molecule is COc1ccc(C(=O)N(CCCN)Cc2cccc(NC(=O)Cc3ccccc3)c2)cc1OC. The van der Waals surface area contributed by atoms with Crippen molar-refractivity contribution in [1.82, 2.24) is 4.90 Å². The third kappa shape index (κ3) is 6.83. The van der Waals surface area contributed by atoms with E-state index in [4.69, 9.17) is 15.2 Å². The first kappa shape index (κ1) is 24.8. The van der Waals surface area contributed by atoms with Gasteiger partial charge in [0.05, 0.1) is 20.6 Å². The molecule has 0 spiro atoms. The monoisotopic (exact) mass is 461 g/mol. The lowest BCUT2D eigenvalue weighted by Crippen LogP contribution is -2.32. The number of carbonyl (C=O) groups excluding carboxylic acids is 2. The van der Waals surface area contributed by atoms with E-state index in [1.54, 1.807) is 30.2 Å². The van der Waals surface area contributed by atoms with Crippen molar-refractivity contribution in [3.05, 3.63) is 89.5 Å². The number of nitrogens with zero attached hydrogens (tertiary/aromatic N) is 1. The van der Waals surface area contributed by atoms with E-state index in [0.29, 0.717) is 55.2 Å². The van der Waals surface area contributed by atoms with Crippen molar-refractivity contribution in [3.8, 4) is 11.5 Å². The Labute approximate surface area is 200 Å². The molecule has 2 amide bonds. The molecule has 0 saturated carbocycles. The number of rotatable bonds is 11. The molecule has 0 aliphatic rings. The van der Waals surface area contributed by atoms with Gasteiger partial charge in [-0.15, -0.1) is 0 Å². The van der Waals surface area contributed by atoms with Crippen LogP contribution in [0.2, 0.25) is 0 Å². The van der Waals surface area contributed by atoms with Crippen LogP contribution in [0.3, 0.4) is 0 Å².